The van der Waals surface area contributed by atoms with Crippen LogP contribution in [-0.2, 0) is 0 Å². The second-order valence-corrected chi connectivity index (χ2v) is 11.3. The molecule has 5 aromatic carbocycles. The Kier molecular flexibility index (Phi) is 6.78. The molecule has 0 saturated heterocycles. The molecule has 5 aromatic rings. The summed E-state index contributed by atoms with van der Waals surface area (Å²) in [6, 6.07) is 44.2. The first-order valence-corrected chi connectivity index (χ1v) is 14.7. The van der Waals surface area contributed by atoms with E-state index < -0.39 is 0 Å². The number of para-hydroxylation sites is 1. The Labute approximate surface area is 247 Å². The van der Waals surface area contributed by atoms with Crippen LogP contribution in [0.3, 0.4) is 0 Å². The van der Waals surface area contributed by atoms with Gasteiger partial charge in [0.05, 0.1) is 12.1 Å². The van der Waals surface area contributed by atoms with Crippen LogP contribution in [0.2, 0.25) is 0 Å². The number of hydrogen-bond acceptors (Lipinski definition) is 2. The molecule has 0 heterocycles. The highest BCUT2D eigenvalue weighted by molar-refractivity contribution is 5.99. The summed E-state index contributed by atoms with van der Waals surface area (Å²) >= 11 is 0. The van der Waals surface area contributed by atoms with Crippen LogP contribution >= 0.6 is 0 Å². The number of rotatable bonds is 5. The van der Waals surface area contributed by atoms with Crippen LogP contribution in [-0.4, -0.2) is 6.04 Å². The molecular weight excluding hydrogens is 508 g/mol. The summed E-state index contributed by atoms with van der Waals surface area (Å²) in [6.45, 7) is 2.21. The van der Waals surface area contributed by atoms with Gasteiger partial charge in [0.25, 0.3) is 0 Å². The van der Waals surface area contributed by atoms with Crippen molar-refractivity contribution in [3.63, 3.8) is 0 Å². The molecule has 0 N–H and O–H groups in total. The molecule has 0 spiro atoms. The smallest absolute Gasteiger partial charge is 0.0988 e. The van der Waals surface area contributed by atoms with Crippen molar-refractivity contribution in [1.82, 2.24) is 0 Å². The lowest BCUT2D eigenvalue weighted by molar-refractivity contribution is 0.636. The van der Waals surface area contributed by atoms with E-state index in [0.717, 1.165) is 12.0 Å². The standard InChI is InChI=1S/C40H32N2/c1-28-25-29(27-41)17-24-37(28)39-16-8-12-32-11-7-15-38(40(32)39)31-19-21-35(22-20-31)42(34-13-3-2-4-14-34)36-23-18-30-9-5-6-10-33(30)26-36/h2-22,24-26,28,36-37H,23H2,1H3. The van der Waals surface area contributed by atoms with Crippen LogP contribution in [0.15, 0.2) is 139 Å². The van der Waals surface area contributed by atoms with Gasteiger partial charge in [-0.1, -0.05) is 122 Å². The van der Waals surface area contributed by atoms with Crippen molar-refractivity contribution >= 4 is 34.3 Å². The van der Waals surface area contributed by atoms with E-state index in [-0.39, 0.29) is 17.9 Å². The zero-order valence-electron chi connectivity index (χ0n) is 23.7. The van der Waals surface area contributed by atoms with Crippen LogP contribution in [0.4, 0.5) is 11.4 Å². The van der Waals surface area contributed by atoms with Gasteiger partial charge in [0, 0.05) is 22.9 Å². The number of benzene rings is 5. The van der Waals surface area contributed by atoms with Crippen molar-refractivity contribution in [3.8, 4) is 17.2 Å². The predicted molar refractivity (Wildman–Crippen MR) is 176 cm³/mol. The van der Waals surface area contributed by atoms with Crippen molar-refractivity contribution in [2.24, 2.45) is 5.92 Å². The quantitative estimate of drug-likeness (QED) is 0.224. The molecule has 0 radical (unpaired) electrons. The lowest BCUT2D eigenvalue weighted by Crippen LogP contribution is -2.37. The molecule has 202 valence electrons. The predicted octanol–water partition coefficient (Wildman–Crippen LogP) is 8.42. The van der Waals surface area contributed by atoms with E-state index in [1.165, 1.54) is 49.3 Å². The third-order valence-corrected chi connectivity index (χ3v) is 8.69. The minimum absolute atomic E-state index is 0.223. The summed E-state index contributed by atoms with van der Waals surface area (Å²) < 4.78 is 0. The highest BCUT2D eigenvalue weighted by Gasteiger charge is 2.23. The van der Waals surface area contributed by atoms with Gasteiger partial charge in [-0.05, 0) is 80.6 Å². The van der Waals surface area contributed by atoms with Gasteiger partial charge in [0.2, 0.25) is 0 Å². The van der Waals surface area contributed by atoms with Crippen LogP contribution in [0, 0.1) is 17.2 Å². The minimum Gasteiger partial charge on any atom is -0.334 e. The van der Waals surface area contributed by atoms with Crippen LogP contribution in [0.1, 0.15) is 24.8 Å². The maximum Gasteiger partial charge on any atom is 0.0988 e. The van der Waals surface area contributed by atoms with Gasteiger partial charge < -0.3 is 4.90 Å². The Hall–Kier alpha value is -5.13. The fraction of sp³-hybridized carbons (Fsp3) is 0.125. The van der Waals surface area contributed by atoms with E-state index in [9.17, 15) is 5.26 Å². The first kappa shape index (κ1) is 25.8. The maximum absolute atomic E-state index is 9.41. The monoisotopic (exact) mass is 540 g/mol. The molecule has 0 saturated carbocycles. The average molecular weight is 541 g/mol. The Balaban J connectivity index is 1.30. The minimum atomic E-state index is 0.223. The molecule has 0 aromatic heterocycles. The van der Waals surface area contributed by atoms with Gasteiger partial charge in [-0.15, -0.1) is 0 Å². The topological polar surface area (TPSA) is 27.0 Å². The molecule has 3 atom stereocenters. The van der Waals surface area contributed by atoms with Gasteiger partial charge in [-0.25, -0.2) is 0 Å². The normalized spacial score (nSPS) is 19.1. The molecule has 42 heavy (non-hydrogen) atoms. The van der Waals surface area contributed by atoms with E-state index in [1.54, 1.807) is 0 Å². The first-order chi connectivity index (χ1) is 20.7. The van der Waals surface area contributed by atoms with Crippen molar-refractivity contribution in [2.75, 3.05) is 4.90 Å². The van der Waals surface area contributed by atoms with E-state index >= 15 is 0 Å². The van der Waals surface area contributed by atoms with Crippen LogP contribution < -0.4 is 15.3 Å². The summed E-state index contributed by atoms with van der Waals surface area (Å²) in [4.78, 5) is 2.46. The SMILES string of the molecule is CC1C=C(C#N)C=CC1c1cccc2cccc(-c3ccc(N(c4ccccc4)C4C=c5ccccc5=CC4)cc3)c12. The molecule has 3 unspecified atom stereocenters. The Bertz CT molecular complexity index is 1990. The Morgan fingerprint density at radius 1 is 0.714 bits per heavy atom. The lowest BCUT2D eigenvalue weighted by Gasteiger charge is -2.33. The van der Waals surface area contributed by atoms with Gasteiger partial charge in [0.15, 0.2) is 0 Å². The first-order valence-electron chi connectivity index (χ1n) is 14.7. The van der Waals surface area contributed by atoms with Gasteiger partial charge >= 0.3 is 0 Å². The molecule has 2 aliphatic rings. The molecule has 2 heteroatoms. The molecule has 7 rings (SSSR count). The van der Waals surface area contributed by atoms with E-state index in [4.69, 9.17) is 0 Å². The number of anilines is 2. The molecule has 2 nitrogen and oxygen atoms in total. The maximum atomic E-state index is 9.41. The molecule has 0 fully saturated rings. The highest BCUT2D eigenvalue weighted by Crippen LogP contribution is 2.40. The zero-order chi connectivity index (χ0) is 28.5. The number of nitrogens with zero attached hydrogens (tertiary/aromatic N) is 2. The zero-order valence-corrected chi connectivity index (χ0v) is 23.7. The van der Waals surface area contributed by atoms with Gasteiger partial charge in [-0.3, -0.25) is 0 Å². The Morgan fingerprint density at radius 2 is 1.43 bits per heavy atom. The van der Waals surface area contributed by atoms with E-state index in [1.807, 2.05) is 6.08 Å². The molecular formula is C40H32N2. The molecule has 2 aliphatic carbocycles. The number of nitriles is 1. The summed E-state index contributed by atoms with van der Waals surface area (Å²) in [7, 11) is 0. The van der Waals surface area contributed by atoms with Crippen molar-refractivity contribution in [3.05, 3.63) is 155 Å². The van der Waals surface area contributed by atoms with Gasteiger partial charge in [-0.2, -0.15) is 5.26 Å². The Morgan fingerprint density at radius 3 is 2.19 bits per heavy atom. The van der Waals surface area contributed by atoms with E-state index in [0.29, 0.717) is 0 Å². The molecule has 0 aliphatic heterocycles. The lowest BCUT2D eigenvalue weighted by atomic mass is 9.79. The number of allylic oxidation sites excluding steroid dienone is 4. The molecule has 0 bridgehead atoms. The van der Waals surface area contributed by atoms with E-state index in [2.05, 4.69) is 157 Å². The van der Waals surface area contributed by atoms with Gasteiger partial charge in [0.1, 0.15) is 0 Å². The third kappa shape index (κ3) is 4.74. The summed E-state index contributed by atoms with van der Waals surface area (Å²) in [6.07, 6.45) is 12.0. The third-order valence-electron chi connectivity index (χ3n) is 8.69. The number of fused-ring (bicyclic) bond motifs is 2. The van der Waals surface area contributed by atoms with Crippen molar-refractivity contribution in [1.29, 1.82) is 5.26 Å². The molecule has 0 amide bonds. The van der Waals surface area contributed by atoms with Crippen LogP contribution in [0.25, 0.3) is 34.1 Å². The summed E-state index contributed by atoms with van der Waals surface area (Å²) in [5.74, 6) is 0.472. The van der Waals surface area contributed by atoms with Crippen molar-refractivity contribution < 1.29 is 0 Å². The number of hydrogen-bond donors (Lipinski definition) is 0. The summed E-state index contributed by atoms with van der Waals surface area (Å²) in [5.41, 5.74) is 6.86. The van der Waals surface area contributed by atoms with Crippen molar-refractivity contribution in [2.45, 2.75) is 25.3 Å². The fourth-order valence-electron chi connectivity index (χ4n) is 6.65. The fourth-order valence-corrected chi connectivity index (χ4v) is 6.65. The van der Waals surface area contributed by atoms with Crippen LogP contribution in [0.5, 0.6) is 0 Å². The largest absolute Gasteiger partial charge is 0.334 e. The average Bonchev–Trinajstić information content (AvgIpc) is 3.05. The summed E-state index contributed by atoms with van der Waals surface area (Å²) in [5, 5.41) is 14.5. The second-order valence-electron chi connectivity index (χ2n) is 11.3. The highest BCUT2D eigenvalue weighted by atomic mass is 15.2. The second kappa shape index (κ2) is 11.0.